The summed E-state index contributed by atoms with van der Waals surface area (Å²) in [6.07, 6.45) is 1.71. The van der Waals surface area contributed by atoms with Gasteiger partial charge in [0.15, 0.2) is 0 Å². The average molecular weight is 306 g/mol. The number of carbonyl (C=O) groups excluding carboxylic acids is 2. The summed E-state index contributed by atoms with van der Waals surface area (Å²) in [6.45, 7) is 9.66. The molecule has 1 aromatic rings. The smallest absolute Gasteiger partial charge is 0.257 e. The van der Waals surface area contributed by atoms with Crippen LogP contribution in [0.4, 0.5) is 0 Å². The van der Waals surface area contributed by atoms with Crippen molar-refractivity contribution >= 4 is 11.8 Å². The first-order valence-corrected chi connectivity index (χ1v) is 8.02. The molecule has 1 fully saturated rings. The fraction of sp³-hybridized carbons (Fsp3) is 0.647. The quantitative estimate of drug-likeness (QED) is 0.929. The molecule has 122 valence electrons. The second kappa shape index (κ2) is 6.99. The Kier molecular flexibility index (Phi) is 5.27. The number of piperidine rings is 1. The van der Waals surface area contributed by atoms with Crippen LogP contribution in [-0.2, 0) is 4.79 Å². The molecule has 1 saturated heterocycles. The number of aryl methyl sites for hydroxylation is 2. The van der Waals surface area contributed by atoms with Crippen molar-refractivity contribution in [1.29, 1.82) is 0 Å². The lowest BCUT2D eigenvalue weighted by molar-refractivity contribution is -0.126. The van der Waals surface area contributed by atoms with Crippen molar-refractivity contribution < 1.29 is 14.0 Å². The van der Waals surface area contributed by atoms with Gasteiger partial charge in [0.1, 0.15) is 11.5 Å². The zero-order valence-corrected chi connectivity index (χ0v) is 13.9. The van der Waals surface area contributed by atoms with E-state index < -0.39 is 0 Å². The highest BCUT2D eigenvalue weighted by Gasteiger charge is 2.30. The molecule has 1 aromatic heterocycles. The van der Waals surface area contributed by atoms with E-state index in [1.807, 2.05) is 6.92 Å². The van der Waals surface area contributed by atoms with Crippen LogP contribution in [0.3, 0.4) is 0 Å². The largest absolute Gasteiger partial charge is 0.466 e. The van der Waals surface area contributed by atoms with Crippen LogP contribution in [-0.4, -0.2) is 36.3 Å². The van der Waals surface area contributed by atoms with E-state index in [2.05, 4.69) is 19.2 Å². The fourth-order valence-corrected chi connectivity index (χ4v) is 2.84. The topological polar surface area (TPSA) is 62.6 Å². The van der Waals surface area contributed by atoms with Gasteiger partial charge < -0.3 is 14.6 Å². The molecule has 1 N–H and O–H groups in total. The number of hydrogen-bond donors (Lipinski definition) is 1. The number of likely N-dealkylation sites (tertiary alicyclic amines) is 1. The van der Waals surface area contributed by atoms with Gasteiger partial charge in [0.05, 0.1) is 11.5 Å². The van der Waals surface area contributed by atoms with Crippen molar-refractivity contribution in [2.45, 2.75) is 40.5 Å². The van der Waals surface area contributed by atoms with Crippen LogP contribution in [0.1, 0.15) is 48.6 Å². The highest BCUT2D eigenvalue weighted by Crippen LogP contribution is 2.22. The van der Waals surface area contributed by atoms with E-state index in [-0.39, 0.29) is 17.7 Å². The maximum atomic E-state index is 12.6. The zero-order valence-electron chi connectivity index (χ0n) is 13.9. The fourth-order valence-electron chi connectivity index (χ4n) is 2.84. The molecule has 0 saturated carbocycles. The van der Waals surface area contributed by atoms with Gasteiger partial charge >= 0.3 is 0 Å². The van der Waals surface area contributed by atoms with Gasteiger partial charge in [-0.25, -0.2) is 0 Å². The normalized spacial score (nSPS) is 18.6. The Morgan fingerprint density at radius 2 is 2.14 bits per heavy atom. The number of carbonyl (C=O) groups is 2. The average Bonchev–Trinajstić information content (AvgIpc) is 2.82. The molecule has 2 amide bonds. The molecule has 2 heterocycles. The van der Waals surface area contributed by atoms with Crippen LogP contribution in [0.2, 0.25) is 0 Å². The minimum atomic E-state index is -0.107. The second-order valence-corrected chi connectivity index (χ2v) is 6.56. The van der Waals surface area contributed by atoms with Crippen molar-refractivity contribution in [2.24, 2.45) is 11.8 Å². The Balaban J connectivity index is 1.99. The van der Waals surface area contributed by atoms with Crippen LogP contribution >= 0.6 is 0 Å². The van der Waals surface area contributed by atoms with Gasteiger partial charge in [0.25, 0.3) is 5.91 Å². The highest BCUT2D eigenvalue weighted by molar-refractivity contribution is 5.95. The Morgan fingerprint density at radius 1 is 1.41 bits per heavy atom. The number of rotatable bonds is 4. The van der Waals surface area contributed by atoms with E-state index in [0.29, 0.717) is 36.9 Å². The van der Waals surface area contributed by atoms with Gasteiger partial charge in [-0.05, 0) is 38.7 Å². The number of nitrogens with zero attached hydrogens (tertiary/aromatic N) is 1. The van der Waals surface area contributed by atoms with Gasteiger partial charge in [0, 0.05) is 19.6 Å². The van der Waals surface area contributed by atoms with Crippen LogP contribution in [0, 0.1) is 25.7 Å². The standard InChI is InChI=1S/C17H26N2O3/c1-11(2)9-18-16(20)14-6-5-7-19(10-14)17(21)15-8-12(3)22-13(15)4/h8,11,14H,5-7,9-10H2,1-4H3,(H,18,20). The summed E-state index contributed by atoms with van der Waals surface area (Å²) in [6, 6.07) is 1.78. The van der Waals surface area contributed by atoms with Gasteiger partial charge in [-0.15, -0.1) is 0 Å². The molecule has 5 heteroatoms. The highest BCUT2D eigenvalue weighted by atomic mass is 16.3. The van der Waals surface area contributed by atoms with E-state index in [1.165, 1.54) is 0 Å². The predicted octanol–water partition coefficient (Wildman–Crippen LogP) is 2.52. The number of nitrogens with one attached hydrogen (secondary N) is 1. The van der Waals surface area contributed by atoms with Gasteiger partial charge in [-0.3, -0.25) is 9.59 Å². The summed E-state index contributed by atoms with van der Waals surface area (Å²) in [5.74, 6) is 1.74. The maximum Gasteiger partial charge on any atom is 0.257 e. The number of amides is 2. The molecule has 1 unspecified atom stereocenters. The number of furan rings is 1. The van der Waals surface area contributed by atoms with E-state index in [0.717, 1.165) is 18.6 Å². The van der Waals surface area contributed by atoms with E-state index in [4.69, 9.17) is 4.42 Å². The van der Waals surface area contributed by atoms with Gasteiger partial charge in [-0.2, -0.15) is 0 Å². The van der Waals surface area contributed by atoms with Crippen molar-refractivity contribution in [3.8, 4) is 0 Å². The molecule has 1 atom stereocenters. The molecule has 2 rings (SSSR count). The Bertz CT molecular complexity index is 548. The maximum absolute atomic E-state index is 12.6. The van der Waals surface area contributed by atoms with Crippen LogP contribution in [0.25, 0.3) is 0 Å². The van der Waals surface area contributed by atoms with Crippen molar-refractivity contribution in [3.05, 3.63) is 23.2 Å². The van der Waals surface area contributed by atoms with Gasteiger partial charge in [-0.1, -0.05) is 13.8 Å². The molecule has 0 spiro atoms. The van der Waals surface area contributed by atoms with E-state index >= 15 is 0 Å². The SMILES string of the molecule is Cc1cc(C(=O)N2CCCC(C(=O)NCC(C)C)C2)c(C)o1. The van der Waals surface area contributed by atoms with E-state index in [1.54, 1.807) is 17.9 Å². The molecule has 0 aliphatic carbocycles. The summed E-state index contributed by atoms with van der Waals surface area (Å²) >= 11 is 0. The Morgan fingerprint density at radius 3 is 2.73 bits per heavy atom. The lowest BCUT2D eigenvalue weighted by atomic mass is 9.96. The first-order chi connectivity index (χ1) is 10.4. The van der Waals surface area contributed by atoms with Crippen LogP contribution in [0.15, 0.2) is 10.5 Å². The van der Waals surface area contributed by atoms with Crippen LogP contribution < -0.4 is 5.32 Å². The summed E-state index contributed by atoms with van der Waals surface area (Å²) in [5, 5.41) is 2.97. The third kappa shape index (κ3) is 3.90. The minimum absolute atomic E-state index is 0.0318. The van der Waals surface area contributed by atoms with Crippen molar-refractivity contribution in [1.82, 2.24) is 10.2 Å². The van der Waals surface area contributed by atoms with Gasteiger partial charge in [0.2, 0.25) is 5.91 Å². The third-order valence-corrected chi connectivity index (χ3v) is 4.04. The third-order valence-electron chi connectivity index (χ3n) is 4.04. The monoisotopic (exact) mass is 306 g/mol. The number of hydrogen-bond acceptors (Lipinski definition) is 3. The summed E-state index contributed by atoms with van der Waals surface area (Å²) < 4.78 is 5.44. The lowest BCUT2D eigenvalue weighted by Crippen LogP contribution is -2.46. The molecular formula is C17H26N2O3. The van der Waals surface area contributed by atoms with Crippen LogP contribution in [0.5, 0.6) is 0 Å². The summed E-state index contributed by atoms with van der Waals surface area (Å²) in [5.41, 5.74) is 0.612. The summed E-state index contributed by atoms with van der Waals surface area (Å²) in [7, 11) is 0. The Labute approximate surface area is 132 Å². The molecule has 0 aromatic carbocycles. The predicted molar refractivity (Wildman–Crippen MR) is 84.7 cm³/mol. The molecule has 0 radical (unpaired) electrons. The molecule has 1 aliphatic rings. The molecule has 1 aliphatic heterocycles. The molecular weight excluding hydrogens is 280 g/mol. The van der Waals surface area contributed by atoms with Crippen molar-refractivity contribution in [2.75, 3.05) is 19.6 Å². The first kappa shape index (κ1) is 16.6. The minimum Gasteiger partial charge on any atom is -0.466 e. The molecule has 0 bridgehead atoms. The molecule has 5 nitrogen and oxygen atoms in total. The molecule has 22 heavy (non-hydrogen) atoms. The Hall–Kier alpha value is -1.78. The van der Waals surface area contributed by atoms with E-state index in [9.17, 15) is 9.59 Å². The first-order valence-electron chi connectivity index (χ1n) is 8.02. The lowest BCUT2D eigenvalue weighted by Gasteiger charge is -2.32. The zero-order chi connectivity index (χ0) is 16.3. The second-order valence-electron chi connectivity index (χ2n) is 6.56. The van der Waals surface area contributed by atoms with Crippen molar-refractivity contribution in [3.63, 3.8) is 0 Å². The summed E-state index contributed by atoms with van der Waals surface area (Å²) in [4.78, 5) is 26.6.